The van der Waals surface area contributed by atoms with Crippen molar-refractivity contribution < 1.29 is 0 Å². The Hall–Kier alpha value is -6.74. The third kappa shape index (κ3) is 4.12. The fourth-order valence-corrected chi connectivity index (χ4v) is 11.2. The molecule has 2 aliphatic carbocycles. The molecule has 0 saturated heterocycles. The molecular formula is C53H33NS. The summed E-state index contributed by atoms with van der Waals surface area (Å²) in [4.78, 5) is 2.61. The number of hydrogen-bond acceptors (Lipinski definition) is 2. The SMILES string of the molecule is c1ccc(-c2ccccc2N(c2cccc3c2C2(c4ccccc4-c4ccccc42)c2ccccc2-3)c2cc3ccccc3c3c2sc2ccccc23)cc1. The molecule has 1 nitrogen and oxygen atoms in total. The van der Waals surface area contributed by atoms with Crippen molar-refractivity contribution >= 4 is 59.3 Å². The third-order valence-corrected chi connectivity index (χ3v) is 13.2. The Kier molecular flexibility index (Phi) is 6.49. The van der Waals surface area contributed by atoms with Crippen LogP contribution in [0, 0.1) is 0 Å². The predicted molar refractivity (Wildman–Crippen MR) is 233 cm³/mol. The van der Waals surface area contributed by atoms with E-state index in [-0.39, 0.29) is 0 Å². The van der Waals surface area contributed by atoms with E-state index in [1.165, 1.54) is 98.0 Å². The molecule has 0 bridgehead atoms. The van der Waals surface area contributed by atoms with Crippen LogP contribution in [-0.2, 0) is 5.41 Å². The molecule has 0 aliphatic heterocycles. The molecule has 0 unspecified atom stereocenters. The lowest BCUT2D eigenvalue weighted by atomic mass is 9.70. The standard InChI is InChI=1S/C53H33NS/c1-2-17-34(18-3-1)36-20-9-14-30-46(36)54(48-33-35-19-4-5-21-37(35)50-42-25-10-15-32-49(42)55-52(48)50)47-31-16-26-41-40-24-8-13-29-45(40)53(51(41)47)43-27-11-6-22-38(43)39-23-7-12-28-44(39)53/h1-33H. The molecule has 0 atom stereocenters. The number of rotatable bonds is 4. The molecule has 55 heavy (non-hydrogen) atoms. The summed E-state index contributed by atoms with van der Waals surface area (Å²) >= 11 is 1.90. The molecule has 9 aromatic carbocycles. The number of benzene rings is 9. The lowest BCUT2D eigenvalue weighted by molar-refractivity contribution is 0.793. The molecule has 0 fully saturated rings. The van der Waals surface area contributed by atoms with E-state index in [1.807, 2.05) is 11.3 Å². The summed E-state index contributed by atoms with van der Waals surface area (Å²) in [6.45, 7) is 0. The van der Waals surface area contributed by atoms with Crippen LogP contribution in [-0.4, -0.2) is 0 Å². The second-order valence-electron chi connectivity index (χ2n) is 14.7. The summed E-state index contributed by atoms with van der Waals surface area (Å²) in [5, 5.41) is 5.14. The first-order valence-corrected chi connectivity index (χ1v) is 19.8. The van der Waals surface area contributed by atoms with Gasteiger partial charge in [-0.3, -0.25) is 0 Å². The van der Waals surface area contributed by atoms with E-state index in [9.17, 15) is 0 Å². The molecule has 0 amide bonds. The van der Waals surface area contributed by atoms with Crippen molar-refractivity contribution in [3.63, 3.8) is 0 Å². The van der Waals surface area contributed by atoms with Gasteiger partial charge in [0, 0.05) is 26.6 Å². The second kappa shape index (κ2) is 11.6. The molecule has 10 aromatic rings. The quantitative estimate of drug-likeness (QED) is 0.175. The van der Waals surface area contributed by atoms with Gasteiger partial charge in [0.15, 0.2) is 0 Å². The van der Waals surface area contributed by atoms with Gasteiger partial charge in [-0.2, -0.15) is 0 Å². The number of hydrogen-bond donors (Lipinski definition) is 0. The van der Waals surface area contributed by atoms with E-state index < -0.39 is 5.41 Å². The smallest absolute Gasteiger partial charge is 0.0746 e. The van der Waals surface area contributed by atoms with Gasteiger partial charge in [-0.05, 0) is 79.5 Å². The first kappa shape index (κ1) is 30.7. The van der Waals surface area contributed by atoms with Crippen LogP contribution in [0.1, 0.15) is 22.3 Å². The molecular weight excluding hydrogens is 683 g/mol. The van der Waals surface area contributed by atoms with Crippen LogP contribution < -0.4 is 4.90 Å². The summed E-state index contributed by atoms with van der Waals surface area (Å²) in [6.07, 6.45) is 0. The van der Waals surface area contributed by atoms with Crippen LogP contribution in [0.3, 0.4) is 0 Å². The van der Waals surface area contributed by atoms with Crippen LogP contribution in [0.5, 0.6) is 0 Å². The molecule has 256 valence electrons. The predicted octanol–water partition coefficient (Wildman–Crippen LogP) is 14.7. The van der Waals surface area contributed by atoms with Crippen LogP contribution >= 0.6 is 11.3 Å². The fraction of sp³-hybridized carbons (Fsp3) is 0.0189. The van der Waals surface area contributed by atoms with Crippen molar-refractivity contribution in [2.75, 3.05) is 4.90 Å². The highest BCUT2D eigenvalue weighted by atomic mass is 32.1. The molecule has 1 spiro atoms. The third-order valence-electron chi connectivity index (χ3n) is 12.1. The molecule has 0 N–H and O–H groups in total. The zero-order chi connectivity index (χ0) is 36.1. The maximum atomic E-state index is 2.61. The number of fused-ring (bicyclic) bond motifs is 15. The molecule has 0 saturated carbocycles. The van der Waals surface area contributed by atoms with Gasteiger partial charge in [0.05, 0.1) is 27.2 Å². The summed E-state index contributed by atoms with van der Waals surface area (Å²) in [6, 6.07) is 74.5. The Morgan fingerprint density at radius 3 is 1.64 bits per heavy atom. The van der Waals surface area contributed by atoms with Crippen molar-refractivity contribution in [2.45, 2.75) is 5.41 Å². The molecule has 2 aliphatic rings. The van der Waals surface area contributed by atoms with Crippen molar-refractivity contribution in [2.24, 2.45) is 0 Å². The minimum absolute atomic E-state index is 0.508. The minimum atomic E-state index is -0.508. The zero-order valence-electron chi connectivity index (χ0n) is 29.9. The molecule has 12 rings (SSSR count). The van der Waals surface area contributed by atoms with Gasteiger partial charge >= 0.3 is 0 Å². The van der Waals surface area contributed by atoms with Gasteiger partial charge in [-0.15, -0.1) is 11.3 Å². The Morgan fingerprint density at radius 1 is 0.382 bits per heavy atom. The van der Waals surface area contributed by atoms with Crippen molar-refractivity contribution in [1.29, 1.82) is 0 Å². The van der Waals surface area contributed by atoms with Gasteiger partial charge < -0.3 is 4.90 Å². The highest BCUT2D eigenvalue weighted by Gasteiger charge is 2.53. The first-order valence-electron chi connectivity index (χ1n) is 19.0. The molecule has 1 heterocycles. The highest BCUT2D eigenvalue weighted by molar-refractivity contribution is 7.26. The normalized spacial score (nSPS) is 13.2. The topological polar surface area (TPSA) is 3.24 Å². The summed E-state index contributed by atoms with van der Waals surface area (Å²) in [5.74, 6) is 0. The van der Waals surface area contributed by atoms with E-state index in [1.54, 1.807) is 0 Å². The Balaban J connectivity index is 1.27. The monoisotopic (exact) mass is 715 g/mol. The maximum absolute atomic E-state index is 2.61. The lowest BCUT2D eigenvalue weighted by Gasteiger charge is -2.36. The van der Waals surface area contributed by atoms with E-state index in [0.717, 1.165) is 5.69 Å². The lowest BCUT2D eigenvalue weighted by Crippen LogP contribution is -2.28. The van der Waals surface area contributed by atoms with E-state index in [2.05, 4.69) is 205 Å². The second-order valence-corrected chi connectivity index (χ2v) is 15.8. The average molecular weight is 716 g/mol. The van der Waals surface area contributed by atoms with Crippen LogP contribution in [0.15, 0.2) is 200 Å². The Morgan fingerprint density at radius 2 is 0.909 bits per heavy atom. The highest BCUT2D eigenvalue weighted by Crippen LogP contribution is 2.66. The number of anilines is 3. The fourth-order valence-electron chi connectivity index (χ4n) is 9.96. The maximum Gasteiger partial charge on any atom is 0.0746 e. The largest absolute Gasteiger partial charge is 0.308 e. The van der Waals surface area contributed by atoms with Gasteiger partial charge in [0.2, 0.25) is 0 Å². The van der Waals surface area contributed by atoms with Gasteiger partial charge in [0.25, 0.3) is 0 Å². The van der Waals surface area contributed by atoms with Gasteiger partial charge in [-0.25, -0.2) is 0 Å². The Labute approximate surface area is 324 Å². The van der Waals surface area contributed by atoms with Gasteiger partial charge in [0.1, 0.15) is 0 Å². The van der Waals surface area contributed by atoms with E-state index >= 15 is 0 Å². The van der Waals surface area contributed by atoms with Crippen LogP contribution in [0.2, 0.25) is 0 Å². The number of thiophene rings is 1. The number of nitrogens with zero attached hydrogens (tertiary/aromatic N) is 1. The van der Waals surface area contributed by atoms with Crippen molar-refractivity contribution in [3.05, 3.63) is 222 Å². The average Bonchev–Trinajstić information content (AvgIpc) is 3.90. The number of para-hydroxylation sites is 1. The summed E-state index contributed by atoms with van der Waals surface area (Å²) in [7, 11) is 0. The summed E-state index contributed by atoms with van der Waals surface area (Å²) < 4.78 is 2.59. The first-order chi connectivity index (χ1) is 27.3. The molecule has 2 heteroatoms. The molecule has 0 radical (unpaired) electrons. The Bertz CT molecular complexity index is 3110. The van der Waals surface area contributed by atoms with Crippen LogP contribution in [0.25, 0.3) is 64.3 Å². The van der Waals surface area contributed by atoms with Crippen LogP contribution in [0.4, 0.5) is 17.1 Å². The zero-order valence-corrected chi connectivity index (χ0v) is 30.7. The van der Waals surface area contributed by atoms with Crippen molar-refractivity contribution in [3.8, 4) is 33.4 Å². The summed E-state index contributed by atoms with van der Waals surface area (Å²) in [5.41, 5.74) is 16.0. The minimum Gasteiger partial charge on any atom is -0.308 e. The van der Waals surface area contributed by atoms with Crippen molar-refractivity contribution in [1.82, 2.24) is 0 Å². The van der Waals surface area contributed by atoms with Gasteiger partial charge in [-0.1, -0.05) is 176 Å². The van der Waals surface area contributed by atoms with E-state index in [4.69, 9.17) is 0 Å². The molecule has 1 aromatic heterocycles. The van der Waals surface area contributed by atoms with E-state index in [0.29, 0.717) is 0 Å².